The SMILES string of the molecule is CC(C)(C)C(O[Si](C)(C)C)=Pc1ccccc1. The minimum atomic E-state index is -1.53. The fourth-order valence-corrected chi connectivity index (χ4v) is 4.03. The molecule has 0 atom stereocenters. The highest BCUT2D eigenvalue weighted by Crippen LogP contribution is 2.25. The first-order valence-corrected chi connectivity index (χ1v) is 10.3. The van der Waals surface area contributed by atoms with Crippen LogP contribution in [-0.4, -0.2) is 13.8 Å². The van der Waals surface area contributed by atoms with Crippen molar-refractivity contribution in [2.75, 3.05) is 0 Å². The molecule has 0 radical (unpaired) electrons. The summed E-state index contributed by atoms with van der Waals surface area (Å²) in [6, 6.07) is 10.5. The zero-order chi connectivity index (χ0) is 13.1. The molecule has 0 fully saturated rings. The average Bonchev–Trinajstić information content (AvgIpc) is 2.15. The van der Waals surface area contributed by atoms with Gasteiger partial charge in [0.1, 0.15) is 0 Å². The zero-order valence-electron chi connectivity index (χ0n) is 11.7. The Morgan fingerprint density at radius 3 is 2.00 bits per heavy atom. The topological polar surface area (TPSA) is 9.23 Å². The van der Waals surface area contributed by atoms with E-state index in [1.54, 1.807) is 0 Å². The van der Waals surface area contributed by atoms with Crippen molar-refractivity contribution >= 4 is 27.3 Å². The van der Waals surface area contributed by atoms with E-state index in [0.717, 1.165) is 0 Å². The predicted octanol–water partition coefficient (Wildman–Crippen LogP) is 4.29. The van der Waals surface area contributed by atoms with E-state index in [2.05, 4.69) is 70.7 Å². The number of benzene rings is 1. The molecule has 0 spiro atoms. The van der Waals surface area contributed by atoms with Gasteiger partial charge in [-0.15, -0.1) is 0 Å². The van der Waals surface area contributed by atoms with Crippen molar-refractivity contribution in [3.63, 3.8) is 0 Å². The fourth-order valence-electron chi connectivity index (χ4n) is 1.25. The second-order valence-corrected chi connectivity index (χ2v) is 11.8. The van der Waals surface area contributed by atoms with Crippen LogP contribution in [0.1, 0.15) is 20.8 Å². The van der Waals surface area contributed by atoms with Gasteiger partial charge in [-0.25, -0.2) is 0 Å². The molecule has 3 heteroatoms. The van der Waals surface area contributed by atoms with Crippen LogP contribution in [0, 0.1) is 5.41 Å². The van der Waals surface area contributed by atoms with E-state index in [9.17, 15) is 0 Å². The Hall–Kier alpha value is -0.433. The highest BCUT2D eigenvalue weighted by molar-refractivity contribution is 7.48. The van der Waals surface area contributed by atoms with Crippen molar-refractivity contribution in [2.45, 2.75) is 40.4 Å². The first kappa shape index (κ1) is 14.6. The lowest BCUT2D eigenvalue weighted by atomic mass is 9.99. The van der Waals surface area contributed by atoms with Crippen molar-refractivity contribution in [3.05, 3.63) is 30.3 Å². The largest absolute Gasteiger partial charge is 0.385 e. The molecular formula is C14H23OPSi. The molecule has 0 saturated heterocycles. The van der Waals surface area contributed by atoms with E-state index in [1.165, 1.54) is 19.0 Å². The maximum atomic E-state index is 6.25. The van der Waals surface area contributed by atoms with Crippen LogP contribution in [0.4, 0.5) is 0 Å². The second-order valence-electron chi connectivity index (χ2n) is 6.22. The third kappa shape index (κ3) is 5.63. The Morgan fingerprint density at radius 1 is 1.06 bits per heavy atom. The zero-order valence-corrected chi connectivity index (χ0v) is 13.6. The summed E-state index contributed by atoms with van der Waals surface area (Å²) >= 11 is 0. The minimum absolute atomic E-state index is 0.0949. The normalized spacial score (nSPS) is 13.9. The highest BCUT2D eigenvalue weighted by Gasteiger charge is 2.25. The Morgan fingerprint density at radius 2 is 1.59 bits per heavy atom. The van der Waals surface area contributed by atoms with E-state index >= 15 is 0 Å². The maximum absolute atomic E-state index is 6.25. The van der Waals surface area contributed by atoms with Crippen LogP contribution in [0.25, 0.3) is 0 Å². The number of hydrogen-bond acceptors (Lipinski definition) is 1. The van der Waals surface area contributed by atoms with Crippen LogP contribution in [-0.2, 0) is 4.43 Å². The first-order chi connectivity index (χ1) is 7.68. The monoisotopic (exact) mass is 266 g/mol. The molecule has 0 unspecified atom stereocenters. The van der Waals surface area contributed by atoms with Crippen LogP contribution in [0.15, 0.2) is 30.3 Å². The third-order valence-corrected chi connectivity index (χ3v) is 4.54. The van der Waals surface area contributed by atoms with Crippen LogP contribution < -0.4 is 5.30 Å². The Balaban J connectivity index is 3.04. The predicted molar refractivity (Wildman–Crippen MR) is 81.9 cm³/mol. The fraction of sp³-hybridized carbons (Fsp3) is 0.500. The lowest BCUT2D eigenvalue weighted by Gasteiger charge is -2.28. The van der Waals surface area contributed by atoms with Gasteiger partial charge in [-0.05, 0) is 27.8 Å². The van der Waals surface area contributed by atoms with Gasteiger partial charge in [0.15, 0.2) is 8.32 Å². The summed E-state index contributed by atoms with van der Waals surface area (Å²) < 4.78 is 6.25. The smallest absolute Gasteiger partial charge is 0.191 e. The summed E-state index contributed by atoms with van der Waals surface area (Å²) in [5.74, 6) is 0. The van der Waals surface area contributed by atoms with Gasteiger partial charge in [0.05, 0.1) is 5.48 Å². The Labute approximate surface area is 108 Å². The summed E-state index contributed by atoms with van der Waals surface area (Å²) in [6.07, 6.45) is 0. The molecule has 0 aliphatic heterocycles. The van der Waals surface area contributed by atoms with E-state index in [-0.39, 0.29) is 5.41 Å². The molecule has 0 heterocycles. The van der Waals surface area contributed by atoms with Gasteiger partial charge in [0, 0.05) is 10.7 Å². The van der Waals surface area contributed by atoms with Crippen LogP contribution in [0.5, 0.6) is 0 Å². The van der Waals surface area contributed by atoms with E-state index < -0.39 is 8.32 Å². The molecule has 0 N–H and O–H groups in total. The van der Waals surface area contributed by atoms with E-state index in [4.69, 9.17) is 4.43 Å². The molecular weight excluding hydrogens is 243 g/mol. The van der Waals surface area contributed by atoms with Crippen molar-refractivity contribution in [1.29, 1.82) is 0 Å². The van der Waals surface area contributed by atoms with Crippen molar-refractivity contribution in [3.8, 4) is 0 Å². The average molecular weight is 266 g/mol. The van der Waals surface area contributed by atoms with Gasteiger partial charge in [-0.1, -0.05) is 51.1 Å². The third-order valence-electron chi connectivity index (χ3n) is 2.03. The molecule has 1 rings (SSSR count). The van der Waals surface area contributed by atoms with Gasteiger partial charge < -0.3 is 4.43 Å². The maximum Gasteiger partial charge on any atom is 0.191 e. The first-order valence-electron chi connectivity index (χ1n) is 6.02. The molecule has 1 aromatic carbocycles. The van der Waals surface area contributed by atoms with Crippen LogP contribution >= 0.6 is 8.20 Å². The number of hydrogen-bond donors (Lipinski definition) is 0. The minimum Gasteiger partial charge on any atom is -0.385 e. The standard InChI is InChI=1S/C14H23OPSi/c1-14(2,3)13(15-17(4,5)6)16-12-10-8-7-9-11-12/h7-11H,1-6H3. The van der Waals surface area contributed by atoms with E-state index in [0.29, 0.717) is 0 Å². The van der Waals surface area contributed by atoms with Crippen LogP contribution in [0.3, 0.4) is 0 Å². The van der Waals surface area contributed by atoms with Crippen molar-refractivity contribution in [2.24, 2.45) is 5.41 Å². The van der Waals surface area contributed by atoms with Gasteiger partial charge in [-0.3, -0.25) is 0 Å². The lowest BCUT2D eigenvalue weighted by Crippen LogP contribution is -2.35. The second kappa shape index (κ2) is 5.47. The van der Waals surface area contributed by atoms with Crippen LogP contribution in [0.2, 0.25) is 19.6 Å². The summed E-state index contributed by atoms with van der Waals surface area (Å²) in [5.41, 5.74) is 1.28. The highest BCUT2D eigenvalue weighted by atomic mass is 31.1. The Kier molecular flexibility index (Phi) is 4.71. The molecule has 1 aromatic rings. The van der Waals surface area contributed by atoms with Gasteiger partial charge >= 0.3 is 0 Å². The van der Waals surface area contributed by atoms with Crippen molar-refractivity contribution < 1.29 is 4.43 Å². The molecule has 1 nitrogen and oxygen atoms in total. The Bertz CT molecular complexity index is 385. The van der Waals surface area contributed by atoms with Crippen molar-refractivity contribution in [1.82, 2.24) is 0 Å². The molecule has 0 amide bonds. The summed E-state index contributed by atoms with van der Waals surface area (Å²) in [4.78, 5) is 0. The molecule has 94 valence electrons. The van der Waals surface area contributed by atoms with Gasteiger partial charge in [0.25, 0.3) is 0 Å². The lowest BCUT2D eigenvalue weighted by molar-refractivity contribution is 0.447. The van der Waals surface area contributed by atoms with Gasteiger partial charge in [-0.2, -0.15) is 0 Å². The number of rotatable bonds is 3. The molecule has 0 aromatic heterocycles. The summed E-state index contributed by atoms with van der Waals surface area (Å²) in [5, 5.41) is 1.30. The van der Waals surface area contributed by atoms with E-state index in [1.807, 2.05) is 0 Å². The summed E-state index contributed by atoms with van der Waals surface area (Å²) in [6.45, 7) is 13.4. The molecule has 0 aliphatic carbocycles. The molecule has 0 aliphatic rings. The quantitative estimate of drug-likeness (QED) is 0.586. The molecule has 17 heavy (non-hydrogen) atoms. The molecule has 0 bridgehead atoms. The van der Waals surface area contributed by atoms with Gasteiger partial charge in [0.2, 0.25) is 0 Å². The molecule has 0 saturated carbocycles. The summed E-state index contributed by atoms with van der Waals surface area (Å²) in [7, 11) is -0.327.